The van der Waals surface area contributed by atoms with Crippen molar-refractivity contribution in [3.8, 4) is 11.5 Å². The minimum atomic E-state index is -0.476. The minimum Gasteiger partial charge on any atom is -0.493 e. The predicted molar refractivity (Wildman–Crippen MR) is 119 cm³/mol. The molecule has 2 fully saturated rings. The van der Waals surface area contributed by atoms with Crippen LogP contribution in [-0.4, -0.2) is 26.7 Å². The Bertz CT molecular complexity index is 865. The van der Waals surface area contributed by atoms with Crippen molar-refractivity contribution in [2.45, 2.75) is 62.2 Å². The van der Waals surface area contributed by atoms with Crippen LogP contribution in [0.1, 0.15) is 62.5 Å². The molecule has 2 aromatic rings. The lowest BCUT2D eigenvalue weighted by molar-refractivity contribution is -0.127. The molecule has 1 N–H and O–H groups in total. The van der Waals surface area contributed by atoms with Gasteiger partial charge in [0, 0.05) is 12.0 Å². The molecule has 160 valence electrons. The standard InChI is InChI=1S/C26H33NO3/c1-29-22-13-12-21(18-23(22)30-2)26(16-8-9-17-26)24(28)27-19-25(14-6-7-15-25)20-10-4-3-5-11-20/h3-5,10-13,18H,6-9,14-17,19H2,1-2H3,(H,27,28). The van der Waals surface area contributed by atoms with Crippen molar-refractivity contribution in [2.24, 2.45) is 0 Å². The monoisotopic (exact) mass is 407 g/mol. The zero-order valence-electron chi connectivity index (χ0n) is 18.2. The van der Waals surface area contributed by atoms with Crippen molar-refractivity contribution in [3.05, 3.63) is 59.7 Å². The summed E-state index contributed by atoms with van der Waals surface area (Å²) in [4.78, 5) is 13.7. The summed E-state index contributed by atoms with van der Waals surface area (Å²) in [5, 5.41) is 3.40. The third-order valence-electron chi connectivity index (χ3n) is 7.36. The topological polar surface area (TPSA) is 47.6 Å². The molecule has 1 amide bonds. The number of carbonyl (C=O) groups is 1. The zero-order chi connectivity index (χ0) is 21.0. The largest absolute Gasteiger partial charge is 0.493 e. The average Bonchev–Trinajstić information content (AvgIpc) is 3.49. The second-order valence-electron chi connectivity index (χ2n) is 8.90. The van der Waals surface area contributed by atoms with Gasteiger partial charge in [-0.2, -0.15) is 0 Å². The van der Waals surface area contributed by atoms with Crippen LogP contribution in [0.2, 0.25) is 0 Å². The average molecular weight is 408 g/mol. The summed E-state index contributed by atoms with van der Waals surface area (Å²) >= 11 is 0. The number of carbonyl (C=O) groups excluding carboxylic acids is 1. The zero-order valence-corrected chi connectivity index (χ0v) is 18.2. The molecule has 2 aliphatic carbocycles. The van der Waals surface area contributed by atoms with Crippen LogP contribution in [0.5, 0.6) is 11.5 Å². The van der Waals surface area contributed by atoms with Gasteiger partial charge in [0.2, 0.25) is 5.91 Å². The number of methoxy groups -OCH3 is 2. The fraction of sp³-hybridized carbons (Fsp3) is 0.500. The van der Waals surface area contributed by atoms with Gasteiger partial charge in [-0.3, -0.25) is 4.79 Å². The summed E-state index contributed by atoms with van der Waals surface area (Å²) in [5.74, 6) is 1.55. The van der Waals surface area contributed by atoms with E-state index < -0.39 is 5.41 Å². The lowest BCUT2D eigenvalue weighted by Gasteiger charge is -2.34. The predicted octanol–water partition coefficient (Wildman–Crippen LogP) is 5.14. The highest BCUT2D eigenvalue weighted by Gasteiger charge is 2.44. The second kappa shape index (κ2) is 8.71. The first kappa shape index (κ1) is 20.8. The molecule has 4 heteroatoms. The third kappa shape index (κ3) is 3.68. The Kier molecular flexibility index (Phi) is 6.03. The van der Waals surface area contributed by atoms with Crippen molar-refractivity contribution in [2.75, 3.05) is 20.8 Å². The maximum Gasteiger partial charge on any atom is 0.230 e. The maximum atomic E-state index is 13.7. The fourth-order valence-electron chi connectivity index (χ4n) is 5.59. The number of hydrogen-bond acceptors (Lipinski definition) is 3. The van der Waals surface area contributed by atoms with E-state index in [9.17, 15) is 4.79 Å². The van der Waals surface area contributed by atoms with E-state index >= 15 is 0 Å². The van der Waals surface area contributed by atoms with Gasteiger partial charge in [-0.1, -0.05) is 62.1 Å². The first-order valence-corrected chi connectivity index (χ1v) is 11.2. The van der Waals surface area contributed by atoms with Crippen molar-refractivity contribution >= 4 is 5.91 Å². The molecule has 2 aliphatic rings. The molecule has 0 radical (unpaired) electrons. The number of hydrogen-bond donors (Lipinski definition) is 1. The Morgan fingerprint density at radius 1 is 0.833 bits per heavy atom. The van der Waals surface area contributed by atoms with E-state index in [2.05, 4.69) is 35.6 Å². The van der Waals surface area contributed by atoms with E-state index in [4.69, 9.17) is 9.47 Å². The molecule has 2 saturated carbocycles. The lowest BCUT2D eigenvalue weighted by atomic mass is 9.76. The van der Waals surface area contributed by atoms with Crippen LogP contribution < -0.4 is 14.8 Å². The molecule has 30 heavy (non-hydrogen) atoms. The fourth-order valence-corrected chi connectivity index (χ4v) is 5.59. The number of rotatable bonds is 7. The van der Waals surface area contributed by atoms with Crippen LogP contribution in [0.25, 0.3) is 0 Å². The number of nitrogens with one attached hydrogen (secondary N) is 1. The van der Waals surface area contributed by atoms with Crippen molar-refractivity contribution in [1.29, 1.82) is 0 Å². The van der Waals surface area contributed by atoms with E-state index in [1.807, 2.05) is 18.2 Å². The quantitative estimate of drug-likeness (QED) is 0.691. The molecule has 0 aliphatic heterocycles. The van der Waals surface area contributed by atoms with Crippen LogP contribution >= 0.6 is 0 Å². The van der Waals surface area contributed by atoms with E-state index in [0.717, 1.165) is 44.1 Å². The van der Waals surface area contributed by atoms with E-state index in [0.29, 0.717) is 18.0 Å². The summed E-state index contributed by atoms with van der Waals surface area (Å²) < 4.78 is 10.9. The van der Waals surface area contributed by atoms with Gasteiger partial charge in [0.05, 0.1) is 19.6 Å². The molecule has 4 rings (SSSR count). The van der Waals surface area contributed by atoms with Crippen LogP contribution in [0.4, 0.5) is 0 Å². The van der Waals surface area contributed by atoms with E-state index in [1.54, 1.807) is 14.2 Å². The molecule has 0 heterocycles. The van der Waals surface area contributed by atoms with E-state index in [-0.39, 0.29) is 11.3 Å². The Morgan fingerprint density at radius 2 is 1.47 bits per heavy atom. The highest BCUT2D eigenvalue weighted by Crippen LogP contribution is 2.45. The highest BCUT2D eigenvalue weighted by molar-refractivity contribution is 5.89. The summed E-state index contributed by atoms with van der Waals surface area (Å²) in [6.45, 7) is 0.713. The normalized spacial score (nSPS) is 19.4. The highest BCUT2D eigenvalue weighted by atomic mass is 16.5. The summed E-state index contributed by atoms with van der Waals surface area (Å²) in [5.41, 5.74) is 1.98. The first-order chi connectivity index (χ1) is 14.6. The molecule has 0 bridgehead atoms. The molecule has 0 atom stereocenters. The molecule has 2 aromatic carbocycles. The van der Waals surface area contributed by atoms with Crippen molar-refractivity contribution in [3.63, 3.8) is 0 Å². The second-order valence-corrected chi connectivity index (χ2v) is 8.90. The summed E-state index contributed by atoms with van der Waals surface area (Å²) in [6.07, 6.45) is 8.65. The van der Waals surface area contributed by atoms with Gasteiger partial charge in [-0.05, 0) is 48.9 Å². The molecule has 0 aromatic heterocycles. The van der Waals surface area contributed by atoms with Crippen molar-refractivity contribution < 1.29 is 14.3 Å². The molecular weight excluding hydrogens is 374 g/mol. The maximum absolute atomic E-state index is 13.7. The van der Waals surface area contributed by atoms with Gasteiger partial charge in [0.25, 0.3) is 0 Å². The molecule has 4 nitrogen and oxygen atoms in total. The van der Waals surface area contributed by atoms with Crippen LogP contribution in [0.3, 0.4) is 0 Å². The van der Waals surface area contributed by atoms with Gasteiger partial charge < -0.3 is 14.8 Å². The molecular formula is C26H33NO3. The van der Waals surface area contributed by atoms with Gasteiger partial charge in [-0.25, -0.2) is 0 Å². The van der Waals surface area contributed by atoms with Gasteiger partial charge in [0.15, 0.2) is 11.5 Å². The Balaban J connectivity index is 1.59. The lowest BCUT2D eigenvalue weighted by Crippen LogP contribution is -2.47. The van der Waals surface area contributed by atoms with Gasteiger partial charge >= 0.3 is 0 Å². The number of benzene rings is 2. The third-order valence-corrected chi connectivity index (χ3v) is 7.36. The van der Waals surface area contributed by atoms with Crippen molar-refractivity contribution in [1.82, 2.24) is 5.32 Å². The Hall–Kier alpha value is -2.49. The SMILES string of the molecule is COc1ccc(C2(C(=O)NCC3(c4ccccc4)CCCC3)CCCC2)cc1OC. The van der Waals surface area contributed by atoms with Crippen LogP contribution in [0, 0.1) is 0 Å². The minimum absolute atomic E-state index is 0.0638. The van der Waals surface area contributed by atoms with Crippen LogP contribution in [0.15, 0.2) is 48.5 Å². The van der Waals surface area contributed by atoms with E-state index in [1.165, 1.54) is 18.4 Å². The van der Waals surface area contributed by atoms with Gasteiger partial charge in [-0.15, -0.1) is 0 Å². The molecule has 0 saturated heterocycles. The summed E-state index contributed by atoms with van der Waals surface area (Å²) in [7, 11) is 3.28. The summed E-state index contributed by atoms with van der Waals surface area (Å²) in [6, 6.07) is 16.7. The number of amides is 1. The van der Waals surface area contributed by atoms with Gasteiger partial charge in [0.1, 0.15) is 0 Å². The first-order valence-electron chi connectivity index (χ1n) is 11.2. The smallest absolute Gasteiger partial charge is 0.230 e. The Labute approximate surface area is 180 Å². The molecule has 0 spiro atoms. The molecule has 0 unspecified atom stereocenters. The Morgan fingerprint density at radius 3 is 2.10 bits per heavy atom. The number of ether oxygens (including phenoxy) is 2. The van der Waals surface area contributed by atoms with Crippen LogP contribution in [-0.2, 0) is 15.6 Å².